The van der Waals surface area contributed by atoms with Gasteiger partial charge in [0.05, 0.1) is 6.54 Å². The molecule has 5 nitrogen and oxygen atoms in total. The molecular formula is C20H35ClN2O3. The summed E-state index contributed by atoms with van der Waals surface area (Å²) in [5, 5.41) is 2.79. The van der Waals surface area contributed by atoms with E-state index in [2.05, 4.69) is 12.2 Å². The Bertz CT molecular complexity index is 478. The molecule has 1 unspecified atom stereocenters. The van der Waals surface area contributed by atoms with Crippen molar-refractivity contribution >= 4 is 24.3 Å². The summed E-state index contributed by atoms with van der Waals surface area (Å²) < 4.78 is 5.50. The molecule has 1 heterocycles. The molecule has 6 heteroatoms. The van der Waals surface area contributed by atoms with Crippen LogP contribution >= 0.6 is 12.4 Å². The van der Waals surface area contributed by atoms with Gasteiger partial charge in [-0.15, -0.1) is 12.4 Å². The topological polar surface area (TPSA) is 58.6 Å². The monoisotopic (exact) mass is 386 g/mol. The van der Waals surface area contributed by atoms with Gasteiger partial charge in [-0.25, -0.2) is 0 Å². The Labute approximate surface area is 164 Å². The van der Waals surface area contributed by atoms with E-state index < -0.39 is 0 Å². The van der Waals surface area contributed by atoms with Crippen molar-refractivity contribution in [1.29, 1.82) is 0 Å². The number of hydrogen-bond donors (Lipinski definition) is 1. The molecule has 1 aliphatic rings. The Kier molecular flexibility index (Phi) is 13.8. The van der Waals surface area contributed by atoms with Crippen molar-refractivity contribution in [2.24, 2.45) is 0 Å². The van der Waals surface area contributed by atoms with Crippen LogP contribution in [-0.4, -0.2) is 36.1 Å². The highest BCUT2D eigenvalue weighted by Crippen LogP contribution is 2.14. The predicted molar refractivity (Wildman–Crippen MR) is 108 cm³/mol. The standard InChI is InChI=1S/C20H34N2O3.ClH/c1-4-6-7-8-9-10-11-14-19(23)25-17(3)22-15-12-13-18(16-22)20(24)21-5-2;/h12-13,15,17H,4-11,14,16H2,1-3H3,(H,21,24);1H. The van der Waals surface area contributed by atoms with Crippen molar-refractivity contribution < 1.29 is 14.3 Å². The number of ether oxygens (including phenoxy) is 1. The minimum Gasteiger partial charge on any atom is -0.442 e. The van der Waals surface area contributed by atoms with Crippen LogP contribution in [0.3, 0.4) is 0 Å². The Hall–Kier alpha value is -1.49. The van der Waals surface area contributed by atoms with Crippen molar-refractivity contribution in [3.05, 3.63) is 23.9 Å². The van der Waals surface area contributed by atoms with Gasteiger partial charge in [0.2, 0.25) is 5.91 Å². The summed E-state index contributed by atoms with van der Waals surface area (Å²) in [6.45, 7) is 7.00. The lowest BCUT2D eigenvalue weighted by molar-refractivity contribution is -0.155. The molecule has 0 aromatic rings. The normalized spacial score (nSPS) is 14.3. The predicted octanol–water partition coefficient (Wildman–Crippen LogP) is 4.33. The second-order valence-corrected chi connectivity index (χ2v) is 6.53. The van der Waals surface area contributed by atoms with Gasteiger partial charge in [-0.2, -0.15) is 0 Å². The van der Waals surface area contributed by atoms with Crippen LogP contribution in [0.4, 0.5) is 0 Å². The number of nitrogens with zero attached hydrogens (tertiary/aromatic N) is 1. The molecule has 0 aliphatic carbocycles. The molecule has 1 rings (SSSR count). The van der Waals surface area contributed by atoms with E-state index in [1.165, 1.54) is 32.1 Å². The third-order valence-electron chi connectivity index (χ3n) is 4.31. The highest BCUT2D eigenvalue weighted by atomic mass is 35.5. The first-order valence-corrected chi connectivity index (χ1v) is 9.69. The van der Waals surface area contributed by atoms with E-state index in [-0.39, 0.29) is 30.5 Å². The molecule has 0 saturated heterocycles. The fourth-order valence-corrected chi connectivity index (χ4v) is 2.79. The molecule has 1 atom stereocenters. The molecule has 0 bridgehead atoms. The average Bonchev–Trinajstić information content (AvgIpc) is 2.61. The molecule has 1 aliphatic heterocycles. The van der Waals surface area contributed by atoms with Crippen LogP contribution in [-0.2, 0) is 14.3 Å². The molecular weight excluding hydrogens is 352 g/mol. The number of rotatable bonds is 12. The van der Waals surface area contributed by atoms with Gasteiger partial charge in [-0.1, -0.05) is 51.5 Å². The number of carbonyl (C=O) groups excluding carboxylic acids is 2. The largest absolute Gasteiger partial charge is 0.442 e. The Morgan fingerprint density at radius 2 is 1.81 bits per heavy atom. The van der Waals surface area contributed by atoms with E-state index >= 15 is 0 Å². The van der Waals surface area contributed by atoms with Crippen molar-refractivity contribution in [3.8, 4) is 0 Å². The quantitative estimate of drug-likeness (QED) is 0.400. The van der Waals surface area contributed by atoms with Crippen LogP contribution in [0.2, 0.25) is 0 Å². The molecule has 150 valence electrons. The lowest BCUT2D eigenvalue weighted by Gasteiger charge is -2.29. The van der Waals surface area contributed by atoms with Gasteiger partial charge in [-0.05, 0) is 26.3 Å². The summed E-state index contributed by atoms with van der Waals surface area (Å²) in [5.41, 5.74) is 0.680. The fourth-order valence-electron chi connectivity index (χ4n) is 2.79. The fraction of sp³-hybridized carbons (Fsp3) is 0.700. The molecule has 0 saturated carbocycles. The third-order valence-corrected chi connectivity index (χ3v) is 4.31. The van der Waals surface area contributed by atoms with Crippen LogP contribution in [0.15, 0.2) is 23.9 Å². The molecule has 1 N–H and O–H groups in total. The highest BCUT2D eigenvalue weighted by molar-refractivity contribution is 5.94. The van der Waals surface area contributed by atoms with Gasteiger partial charge in [-0.3, -0.25) is 9.59 Å². The van der Waals surface area contributed by atoms with Gasteiger partial charge in [0.25, 0.3) is 0 Å². The van der Waals surface area contributed by atoms with E-state index in [1.54, 1.807) is 6.08 Å². The van der Waals surface area contributed by atoms with E-state index in [0.29, 0.717) is 25.1 Å². The Morgan fingerprint density at radius 3 is 2.46 bits per heavy atom. The van der Waals surface area contributed by atoms with Crippen LogP contribution in [0, 0.1) is 0 Å². The van der Waals surface area contributed by atoms with Gasteiger partial charge in [0.1, 0.15) is 0 Å². The summed E-state index contributed by atoms with van der Waals surface area (Å²) in [7, 11) is 0. The van der Waals surface area contributed by atoms with E-state index in [0.717, 1.165) is 12.8 Å². The average molecular weight is 387 g/mol. The van der Waals surface area contributed by atoms with Crippen LogP contribution < -0.4 is 5.32 Å². The minimum atomic E-state index is -0.369. The first-order valence-electron chi connectivity index (χ1n) is 9.69. The van der Waals surface area contributed by atoms with Crippen LogP contribution in [0.1, 0.15) is 72.1 Å². The molecule has 0 spiro atoms. The molecule has 26 heavy (non-hydrogen) atoms. The van der Waals surface area contributed by atoms with Gasteiger partial charge >= 0.3 is 5.97 Å². The van der Waals surface area contributed by atoms with E-state index in [4.69, 9.17) is 4.74 Å². The number of nitrogens with one attached hydrogen (secondary N) is 1. The summed E-state index contributed by atoms with van der Waals surface area (Å²) in [6.07, 6.45) is 13.8. The minimum absolute atomic E-state index is 0. The van der Waals surface area contributed by atoms with Gasteiger partial charge in [0, 0.05) is 24.7 Å². The number of likely N-dealkylation sites (N-methyl/N-ethyl adjacent to an activating group) is 1. The smallest absolute Gasteiger partial charge is 0.307 e. The van der Waals surface area contributed by atoms with Crippen LogP contribution in [0.25, 0.3) is 0 Å². The first-order chi connectivity index (χ1) is 12.1. The summed E-state index contributed by atoms with van der Waals surface area (Å²) >= 11 is 0. The van der Waals surface area contributed by atoms with Gasteiger partial charge < -0.3 is 15.0 Å². The maximum absolute atomic E-state index is 12.0. The van der Waals surface area contributed by atoms with Crippen molar-refractivity contribution in [2.45, 2.75) is 78.4 Å². The zero-order valence-electron chi connectivity index (χ0n) is 16.5. The lowest BCUT2D eigenvalue weighted by Crippen LogP contribution is -2.38. The number of carbonyl (C=O) groups is 2. The number of unbranched alkanes of at least 4 members (excludes halogenated alkanes) is 6. The Balaban J connectivity index is 0.00000625. The third kappa shape index (κ3) is 9.85. The Morgan fingerprint density at radius 1 is 1.15 bits per heavy atom. The summed E-state index contributed by atoms with van der Waals surface area (Å²) in [4.78, 5) is 25.8. The maximum Gasteiger partial charge on any atom is 0.307 e. The molecule has 0 aromatic heterocycles. The lowest BCUT2D eigenvalue weighted by atomic mass is 10.1. The first kappa shape index (κ1) is 24.5. The second kappa shape index (κ2) is 14.7. The van der Waals surface area contributed by atoms with Crippen molar-refractivity contribution in [1.82, 2.24) is 10.2 Å². The SMILES string of the molecule is CCCCCCCCCC(=O)OC(C)N1C=CC=C(C(=O)NCC)C1.Cl. The van der Waals surface area contributed by atoms with Gasteiger partial charge in [0.15, 0.2) is 6.23 Å². The number of hydrogen-bond acceptors (Lipinski definition) is 4. The van der Waals surface area contributed by atoms with Crippen molar-refractivity contribution in [2.75, 3.05) is 13.1 Å². The van der Waals surface area contributed by atoms with E-state index in [9.17, 15) is 9.59 Å². The zero-order valence-corrected chi connectivity index (χ0v) is 17.3. The second-order valence-electron chi connectivity index (χ2n) is 6.53. The number of halogens is 1. The zero-order chi connectivity index (χ0) is 18.5. The molecule has 0 aromatic carbocycles. The molecule has 0 fully saturated rings. The summed E-state index contributed by atoms with van der Waals surface area (Å²) in [5.74, 6) is -0.234. The molecule has 1 amide bonds. The highest BCUT2D eigenvalue weighted by Gasteiger charge is 2.20. The van der Waals surface area contributed by atoms with Crippen molar-refractivity contribution in [3.63, 3.8) is 0 Å². The molecule has 0 radical (unpaired) electrons. The van der Waals surface area contributed by atoms with E-state index in [1.807, 2.05) is 31.0 Å². The number of allylic oxidation sites excluding steroid dienone is 2. The number of amides is 1. The maximum atomic E-state index is 12.0. The van der Waals surface area contributed by atoms with Crippen LogP contribution in [0.5, 0.6) is 0 Å². The number of esters is 1. The summed E-state index contributed by atoms with van der Waals surface area (Å²) in [6, 6.07) is 0.